The van der Waals surface area contributed by atoms with Gasteiger partial charge in [-0.25, -0.2) is 4.79 Å². The Morgan fingerprint density at radius 2 is 1.91 bits per heavy atom. The van der Waals surface area contributed by atoms with E-state index in [0.29, 0.717) is 5.69 Å². The van der Waals surface area contributed by atoms with Crippen molar-refractivity contribution in [1.29, 1.82) is 0 Å². The summed E-state index contributed by atoms with van der Waals surface area (Å²) in [7, 11) is 0. The Morgan fingerprint density at radius 1 is 1.13 bits per heavy atom. The van der Waals surface area contributed by atoms with E-state index >= 15 is 0 Å². The molecule has 3 amide bonds. The van der Waals surface area contributed by atoms with Crippen LogP contribution in [0.5, 0.6) is 5.75 Å². The molecular weight excluding hydrogens is 294 g/mol. The van der Waals surface area contributed by atoms with Crippen molar-refractivity contribution in [3.05, 3.63) is 24.3 Å². The molecule has 0 aromatic heterocycles. The zero-order chi connectivity index (χ0) is 16.1. The van der Waals surface area contributed by atoms with E-state index in [1.54, 1.807) is 0 Å². The molecule has 0 atom stereocenters. The van der Waals surface area contributed by atoms with E-state index in [-0.39, 0.29) is 30.6 Å². The first kappa shape index (κ1) is 15.6. The summed E-state index contributed by atoms with van der Waals surface area (Å²) in [6.07, 6.45) is 6.95. The van der Waals surface area contributed by atoms with Crippen LogP contribution in [0.3, 0.4) is 0 Å². The van der Waals surface area contributed by atoms with Gasteiger partial charge in [-0.2, -0.15) is 0 Å². The Kier molecular flexibility index (Phi) is 5.00. The molecule has 0 unspecified atom stereocenters. The molecule has 124 valence electrons. The van der Waals surface area contributed by atoms with Crippen molar-refractivity contribution in [2.45, 2.75) is 50.7 Å². The van der Waals surface area contributed by atoms with Crippen LogP contribution in [0.15, 0.2) is 24.3 Å². The molecule has 2 aliphatic carbocycles. The minimum absolute atomic E-state index is 0.0493. The fourth-order valence-electron chi connectivity index (χ4n) is 2.68. The van der Waals surface area contributed by atoms with Gasteiger partial charge in [-0.15, -0.1) is 0 Å². The van der Waals surface area contributed by atoms with Gasteiger partial charge in [-0.05, 0) is 50.7 Å². The van der Waals surface area contributed by atoms with Gasteiger partial charge in [0, 0.05) is 17.8 Å². The van der Waals surface area contributed by atoms with Crippen molar-refractivity contribution in [2.24, 2.45) is 0 Å². The van der Waals surface area contributed by atoms with Crippen LogP contribution in [0.2, 0.25) is 0 Å². The van der Waals surface area contributed by atoms with E-state index in [1.165, 1.54) is 12.8 Å². The number of urea groups is 1. The SMILES string of the molecule is O=C(CNC(=O)NC1CC1)Nc1cccc(OC2CCCC2)c1. The van der Waals surface area contributed by atoms with Gasteiger partial charge in [-0.1, -0.05) is 6.07 Å². The van der Waals surface area contributed by atoms with Crippen molar-refractivity contribution >= 4 is 17.6 Å². The molecule has 0 bridgehead atoms. The highest BCUT2D eigenvalue weighted by molar-refractivity contribution is 5.94. The first-order valence-electron chi connectivity index (χ1n) is 8.30. The number of rotatable bonds is 6. The lowest BCUT2D eigenvalue weighted by Crippen LogP contribution is -2.40. The fourth-order valence-corrected chi connectivity index (χ4v) is 2.68. The van der Waals surface area contributed by atoms with Gasteiger partial charge in [0.1, 0.15) is 5.75 Å². The quantitative estimate of drug-likeness (QED) is 0.754. The molecule has 6 nitrogen and oxygen atoms in total. The minimum atomic E-state index is -0.291. The maximum Gasteiger partial charge on any atom is 0.315 e. The van der Waals surface area contributed by atoms with Crippen LogP contribution in [0.25, 0.3) is 0 Å². The maximum atomic E-state index is 11.9. The smallest absolute Gasteiger partial charge is 0.315 e. The lowest BCUT2D eigenvalue weighted by atomic mass is 10.2. The van der Waals surface area contributed by atoms with Crippen LogP contribution >= 0.6 is 0 Å². The normalized spacial score (nSPS) is 17.6. The molecule has 1 aromatic carbocycles. The highest BCUT2D eigenvalue weighted by Gasteiger charge is 2.23. The molecule has 2 fully saturated rings. The van der Waals surface area contributed by atoms with Gasteiger partial charge >= 0.3 is 6.03 Å². The van der Waals surface area contributed by atoms with Crippen LogP contribution in [0, 0.1) is 0 Å². The maximum absolute atomic E-state index is 11.9. The van der Waals surface area contributed by atoms with Crippen LogP contribution in [0.1, 0.15) is 38.5 Å². The first-order chi connectivity index (χ1) is 11.2. The average Bonchev–Trinajstić information content (AvgIpc) is 3.19. The van der Waals surface area contributed by atoms with Gasteiger partial charge in [0.15, 0.2) is 0 Å². The Hall–Kier alpha value is -2.24. The summed E-state index contributed by atoms with van der Waals surface area (Å²) in [5.74, 6) is 0.517. The second kappa shape index (κ2) is 7.35. The van der Waals surface area contributed by atoms with E-state index in [0.717, 1.165) is 31.4 Å². The summed E-state index contributed by atoms with van der Waals surface area (Å²) < 4.78 is 5.92. The van der Waals surface area contributed by atoms with Crippen LogP contribution < -0.4 is 20.7 Å². The third-order valence-electron chi connectivity index (χ3n) is 4.04. The monoisotopic (exact) mass is 317 g/mol. The molecule has 23 heavy (non-hydrogen) atoms. The number of ether oxygens (including phenoxy) is 1. The summed E-state index contributed by atoms with van der Waals surface area (Å²) in [6.45, 7) is -0.0493. The number of benzene rings is 1. The summed E-state index contributed by atoms with van der Waals surface area (Å²) in [5.41, 5.74) is 0.676. The number of hydrogen-bond donors (Lipinski definition) is 3. The van der Waals surface area contributed by atoms with E-state index in [2.05, 4.69) is 16.0 Å². The summed E-state index contributed by atoms with van der Waals surface area (Å²) in [4.78, 5) is 23.4. The van der Waals surface area contributed by atoms with Gasteiger partial charge in [-0.3, -0.25) is 4.79 Å². The van der Waals surface area contributed by atoms with Crippen LogP contribution in [-0.2, 0) is 4.79 Å². The van der Waals surface area contributed by atoms with Crippen molar-refractivity contribution in [3.8, 4) is 5.75 Å². The first-order valence-corrected chi connectivity index (χ1v) is 8.30. The van der Waals surface area contributed by atoms with Crippen molar-refractivity contribution in [1.82, 2.24) is 10.6 Å². The van der Waals surface area contributed by atoms with E-state index in [1.807, 2.05) is 24.3 Å². The summed E-state index contributed by atoms with van der Waals surface area (Å²) in [5, 5.41) is 8.10. The molecule has 3 N–H and O–H groups in total. The van der Waals surface area contributed by atoms with Crippen LogP contribution in [-0.4, -0.2) is 30.6 Å². The zero-order valence-electron chi connectivity index (χ0n) is 13.1. The summed E-state index contributed by atoms with van der Waals surface area (Å²) >= 11 is 0. The van der Waals surface area contributed by atoms with Crippen molar-refractivity contribution in [2.75, 3.05) is 11.9 Å². The van der Waals surface area contributed by atoms with E-state index in [4.69, 9.17) is 4.74 Å². The van der Waals surface area contributed by atoms with Gasteiger partial charge < -0.3 is 20.7 Å². The molecule has 0 aliphatic heterocycles. The third-order valence-corrected chi connectivity index (χ3v) is 4.04. The number of hydrogen-bond acceptors (Lipinski definition) is 3. The Bertz CT molecular complexity index is 566. The van der Waals surface area contributed by atoms with Crippen molar-refractivity contribution in [3.63, 3.8) is 0 Å². The molecule has 2 aliphatic rings. The lowest BCUT2D eigenvalue weighted by Gasteiger charge is -2.14. The van der Waals surface area contributed by atoms with Gasteiger partial charge in [0.05, 0.1) is 12.6 Å². The summed E-state index contributed by atoms with van der Waals surface area (Å²) in [6, 6.07) is 7.37. The van der Waals surface area contributed by atoms with Crippen LogP contribution in [0.4, 0.5) is 10.5 Å². The van der Waals surface area contributed by atoms with Gasteiger partial charge in [0.25, 0.3) is 0 Å². The predicted molar refractivity (Wildman–Crippen MR) is 87.5 cm³/mol. The Labute approximate surface area is 136 Å². The highest BCUT2D eigenvalue weighted by Crippen LogP contribution is 2.25. The Balaban J connectivity index is 1.44. The second-order valence-electron chi connectivity index (χ2n) is 6.20. The number of amides is 3. The number of anilines is 1. The molecule has 2 saturated carbocycles. The molecule has 0 saturated heterocycles. The molecule has 1 aromatic rings. The minimum Gasteiger partial charge on any atom is -0.490 e. The third kappa shape index (κ3) is 5.16. The van der Waals surface area contributed by atoms with E-state index < -0.39 is 0 Å². The zero-order valence-corrected chi connectivity index (χ0v) is 13.1. The molecule has 0 radical (unpaired) electrons. The lowest BCUT2D eigenvalue weighted by molar-refractivity contribution is -0.115. The largest absolute Gasteiger partial charge is 0.490 e. The molecule has 0 spiro atoms. The second-order valence-corrected chi connectivity index (χ2v) is 6.20. The molecular formula is C17H23N3O3. The highest BCUT2D eigenvalue weighted by atomic mass is 16.5. The predicted octanol–water partition coefficient (Wildman–Crippen LogP) is 2.41. The average molecular weight is 317 g/mol. The number of carbonyl (C=O) groups excluding carboxylic acids is 2. The number of carbonyl (C=O) groups is 2. The Morgan fingerprint density at radius 3 is 2.65 bits per heavy atom. The standard InChI is InChI=1S/C17H23N3O3/c21-16(11-18-17(22)20-12-8-9-12)19-13-4-3-7-15(10-13)23-14-5-1-2-6-14/h3-4,7,10,12,14H,1-2,5-6,8-9,11H2,(H,19,21)(H2,18,20,22). The van der Waals surface area contributed by atoms with Gasteiger partial charge in [0.2, 0.25) is 5.91 Å². The van der Waals surface area contributed by atoms with E-state index in [9.17, 15) is 9.59 Å². The number of nitrogens with one attached hydrogen (secondary N) is 3. The molecule has 6 heteroatoms. The van der Waals surface area contributed by atoms with Crippen molar-refractivity contribution < 1.29 is 14.3 Å². The molecule has 0 heterocycles. The fraction of sp³-hybridized carbons (Fsp3) is 0.529. The topological polar surface area (TPSA) is 79.5 Å². The molecule has 3 rings (SSSR count).